The van der Waals surface area contributed by atoms with Crippen molar-refractivity contribution in [1.29, 1.82) is 0 Å². The lowest BCUT2D eigenvalue weighted by Gasteiger charge is -2.27. The van der Waals surface area contributed by atoms with Crippen molar-refractivity contribution >= 4 is 59.3 Å². The van der Waals surface area contributed by atoms with Crippen LogP contribution in [-0.4, -0.2) is 0 Å². The van der Waals surface area contributed by atoms with Crippen LogP contribution in [0.2, 0.25) is 0 Å². The van der Waals surface area contributed by atoms with E-state index in [0.717, 1.165) is 5.92 Å². The van der Waals surface area contributed by atoms with E-state index in [1.54, 1.807) is 0 Å². The summed E-state index contributed by atoms with van der Waals surface area (Å²) < 4.78 is 2.69. The van der Waals surface area contributed by atoms with Crippen molar-refractivity contribution in [3.8, 4) is 0 Å². The molecule has 5 aromatic carbocycles. The molecule has 176 valence electrons. The van der Waals surface area contributed by atoms with Gasteiger partial charge in [0.25, 0.3) is 0 Å². The molecule has 6 aromatic rings. The smallest absolute Gasteiger partial charge is 0.0468 e. The average molecular weight is 484 g/mol. The summed E-state index contributed by atoms with van der Waals surface area (Å²) in [7, 11) is 0. The summed E-state index contributed by atoms with van der Waals surface area (Å²) >= 11 is 1.89. The minimum Gasteiger partial charge on any atom is -0.310 e. The van der Waals surface area contributed by atoms with Gasteiger partial charge in [0.1, 0.15) is 0 Å². The molecule has 0 saturated heterocycles. The lowest BCUT2D eigenvalue weighted by molar-refractivity contribution is 0.443. The maximum atomic E-state index is 2.40. The second-order valence-electron chi connectivity index (χ2n) is 10.0. The van der Waals surface area contributed by atoms with Crippen molar-refractivity contribution in [2.24, 2.45) is 0 Å². The minimum absolute atomic E-state index is 0.722. The quantitative estimate of drug-likeness (QED) is 0.241. The van der Waals surface area contributed by atoms with Gasteiger partial charge < -0.3 is 4.90 Å². The molecule has 0 spiro atoms. The van der Waals surface area contributed by atoms with Crippen LogP contribution in [0.15, 0.2) is 109 Å². The second kappa shape index (κ2) is 9.11. The molecule has 1 aromatic heterocycles. The van der Waals surface area contributed by atoms with Crippen molar-refractivity contribution < 1.29 is 0 Å². The monoisotopic (exact) mass is 483 g/mol. The van der Waals surface area contributed by atoms with Crippen LogP contribution in [0.3, 0.4) is 0 Å². The maximum absolute atomic E-state index is 2.40. The average Bonchev–Trinajstić information content (AvgIpc) is 3.33. The van der Waals surface area contributed by atoms with E-state index in [2.05, 4.69) is 114 Å². The Morgan fingerprint density at radius 3 is 2.08 bits per heavy atom. The highest BCUT2D eigenvalue weighted by Gasteiger charge is 2.18. The number of hydrogen-bond acceptors (Lipinski definition) is 2. The van der Waals surface area contributed by atoms with Gasteiger partial charge >= 0.3 is 0 Å². The molecule has 1 heterocycles. The van der Waals surface area contributed by atoms with E-state index in [0.29, 0.717) is 0 Å². The molecule has 36 heavy (non-hydrogen) atoms. The topological polar surface area (TPSA) is 3.24 Å². The highest BCUT2D eigenvalue weighted by molar-refractivity contribution is 7.26. The second-order valence-corrected chi connectivity index (χ2v) is 11.1. The molecule has 1 nitrogen and oxygen atoms in total. The van der Waals surface area contributed by atoms with Gasteiger partial charge in [0.2, 0.25) is 0 Å². The Kier molecular flexibility index (Phi) is 5.48. The Hall–Kier alpha value is -3.62. The Balaban J connectivity index is 1.38. The van der Waals surface area contributed by atoms with Crippen LogP contribution < -0.4 is 4.90 Å². The molecule has 1 fully saturated rings. The summed E-state index contributed by atoms with van der Waals surface area (Å²) in [5, 5.41) is 5.34. The first kappa shape index (κ1) is 21.6. The van der Waals surface area contributed by atoms with E-state index in [9.17, 15) is 0 Å². The van der Waals surface area contributed by atoms with Gasteiger partial charge in [-0.1, -0.05) is 79.9 Å². The Morgan fingerprint density at radius 1 is 0.556 bits per heavy atom. The summed E-state index contributed by atoms with van der Waals surface area (Å²) in [6.45, 7) is 0. The van der Waals surface area contributed by atoms with Crippen LogP contribution >= 0.6 is 11.3 Å². The zero-order valence-corrected chi connectivity index (χ0v) is 21.2. The summed E-state index contributed by atoms with van der Waals surface area (Å²) in [6.07, 6.45) is 6.79. The summed E-state index contributed by atoms with van der Waals surface area (Å²) in [4.78, 5) is 2.40. The molecular weight excluding hydrogens is 454 g/mol. The zero-order valence-electron chi connectivity index (χ0n) is 20.4. The van der Waals surface area contributed by atoms with Gasteiger partial charge in [-0.25, -0.2) is 0 Å². The molecule has 0 amide bonds. The predicted octanol–water partition coefficient (Wildman–Crippen LogP) is 10.7. The largest absolute Gasteiger partial charge is 0.310 e. The summed E-state index contributed by atoms with van der Waals surface area (Å²) in [6, 6.07) is 40.4. The maximum Gasteiger partial charge on any atom is 0.0468 e. The van der Waals surface area contributed by atoms with E-state index >= 15 is 0 Å². The third-order valence-corrected chi connectivity index (χ3v) is 8.98. The number of benzene rings is 5. The van der Waals surface area contributed by atoms with Gasteiger partial charge in [0, 0.05) is 37.2 Å². The van der Waals surface area contributed by atoms with Gasteiger partial charge in [-0.05, 0) is 83.6 Å². The lowest BCUT2D eigenvalue weighted by atomic mass is 9.84. The molecule has 0 N–H and O–H groups in total. The molecule has 1 saturated carbocycles. The fourth-order valence-electron chi connectivity index (χ4n) is 6.03. The first-order chi connectivity index (χ1) is 17.8. The van der Waals surface area contributed by atoms with Gasteiger partial charge in [0.15, 0.2) is 0 Å². The van der Waals surface area contributed by atoms with Gasteiger partial charge in [-0.15, -0.1) is 11.3 Å². The molecule has 0 unspecified atom stereocenters. The van der Waals surface area contributed by atoms with Crippen LogP contribution in [0.5, 0.6) is 0 Å². The van der Waals surface area contributed by atoms with Gasteiger partial charge in [-0.2, -0.15) is 0 Å². The van der Waals surface area contributed by atoms with E-state index < -0.39 is 0 Å². The highest BCUT2D eigenvalue weighted by Crippen LogP contribution is 2.43. The first-order valence-electron chi connectivity index (χ1n) is 13.1. The third kappa shape index (κ3) is 3.77. The molecule has 0 atom stereocenters. The zero-order chi connectivity index (χ0) is 23.9. The van der Waals surface area contributed by atoms with Crippen molar-refractivity contribution in [2.75, 3.05) is 4.90 Å². The Bertz CT molecular complexity index is 1660. The van der Waals surface area contributed by atoms with E-state index in [1.165, 1.54) is 85.7 Å². The molecule has 1 aliphatic rings. The number of fused-ring (bicyclic) bond motifs is 5. The predicted molar refractivity (Wildman–Crippen MR) is 157 cm³/mol. The highest BCUT2D eigenvalue weighted by atomic mass is 32.1. The Morgan fingerprint density at radius 2 is 1.25 bits per heavy atom. The molecule has 1 aliphatic carbocycles. The van der Waals surface area contributed by atoms with Crippen molar-refractivity contribution in [3.63, 3.8) is 0 Å². The lowest BCUT2D eigenvalue weighted by Crippen LogP contribution is -2.10. The summed E-state index contributed by atoms with van der Waals surface area (Å²) in [5.74, 6) is 0.722. The van der Waals surface area contributed by atoms with E-state index in [1.807, 2.05) is 11.3 Å². The minimum atomic E-state index is 0.722. The number of para-hydroxylation sites is 1. The van der Waals surface area contributed by atoms with Crippen LogP contribution in [-0.2, 0) is 0 Å². The molecule has 0 radical (unpaired) electrons. The number of rotatable bonds is 4. The Labute approximate surface area is 216 Å². The fraction of sp³-hybridized carbons (Fsp3) is 0.176. The number of thiophene rings is 1. The molecule has 2 heteroatoms. The summed E-state index contributed by atoms with van der Waals surface area (Å²) in [5.41, 5.74) is 5.10. The van der Waals surface area contributed by atoms with Crippen LogP contribution in [0.1, 0.15) is 43.6 Å². The molecule has 0 aliphatic heterocycles. The number of anilines is 3. The van der Waals surface area contributed by atoms with Crippen molar-refractivity contribution in [1.82, 2.24) is 0 Å². The van der Waals surface area contributed by atoms with Crippen LogP contribution in [0.25, 0.3) is 30.9 Å². The number of nitrogens with zero attached hydrogens (tertiary/aromatic N) is 1. The standard InChI is InChI=1S/C34H29NS/c1-3-9-24(10-4-1)25-15-18-28(19-16-25)35(27-12-5-2-6-13-27)29-20-22-32-31(23-29)34-30-14-8-7-11-26(30)17-21-33(34)36-32/h2,5-8,11-24H,1,3-4,9-10H2. The normalized spacial score (nSPS) is 14.6. The van der Waals surface area contributed by atoms with Crippen LogP contribution in [0.4, 0.5) is 17.1 Å². The fourth-order valence-corrected chi connectivity index (χ4v) is 7.13. The number of hydrogen-bond donors (Lipinski definition) is 0. The van der Waals surface area contributed by atoms with Crippen LogP contribution in [0, 0.1) is 0 Å². The molecule has 0 bridgehead atoms. The van der Waals surface area contributed by atoms with E-state index in [4.69, 9.17) is 0 Å². The van der Waals surface area contributed by atoms with Gasteiger partial charge in [-0.3, -0.25) is 0 Å². The SMILES string of the molecule is c1ccc(N(c2ccc(C3CCCCC3)cc2)c2ccc3sc4ccc5ccccc5c4c3c2)cc1. The first-order valence-corrected chi connectivity index (χ1v) is 14.0. The molecular formula is C34H29NS. The van der Waals surface area contributed by atoms with E-state index in [-0.39, 0.29) is 0 Å². The van der Waals surface area contributed by atoms with Gasteiger partial charge in [0.05, 0.1) is 0 Å². The molecule has 7 rings (SSSR count). The third-order valence-electron chi connectivity index (χ3n) is 7.84. The van der Waals surface area contributed by atoms with Crippen molar-refractivity contribution in [2.45, 2.75) is 38.0 Å². The van der Waals surface area contributed by atoms with Crippen molar-refractivity contribution in [3.05, 3.63) is 115 Å².